The first-order valence-corrected chi connectivity index (χ1v) is 9.06. The maximum atomic E-state index is 12.4. The van der Waals surface area contributed by atoms with Crippen molar-refractivity contribution in [1.29, 1.82) is 5.26 Å². The predicted molar refractivity (Wildman–Crippen MR) is 87.8 cm³/mol. The molecule has 1 saturated carbocycles. The monoisotopic (exact) mass is 318 g/mol. The lowest BCUT2D eigenvalue weighted by atomic mass is 9.76. The highest BCUT2D eigenvalue weighted by Crippen LogP contribution is 2.35. The van der Waals surface area contributed by atoms with Crippen molar-refractivity contribution < 1.29 is 4.79 Å². The Morgan fingerprint density at radius 2 is 2.24 bits per heavy atom. The largest absolute Gasteiger partial charge is 0.333 e. The summed E-state index contributed by atoms with van der Waals surface area (Å²) in [5.41, 5.74) is -0.666. The quantitative estimate of drug-likeness (QED) is 0.902. The smallest absolute Gasteiger partial charge is 0.262 e. The van der Waals surface area contributed by atoms with Crippen LogP contribution in [0.1, 0.15) is 48.7 Å². The summed E-state index contributed by atoms with van der Waals surface area (Å²) in [7, 11) is 0. The Kier molecular flexibility index (Phi) is 4.01. The molecule has 2 heterocycles. The lowest BCUT2D eigenvalue weighted by molar-refractivity contribution is 0.0895. The molecule has 2 aromatic rings. The fourth-order valence-corrected chi connectivity index (χ4v) is 5.00. The predicted octanol–water partition coefficient (Wildman–Crippen LogP) is 4.56. The number of amides is 1. The number of hydrogen-bond donors (Lipinski definition) is 1. The fourth-order valence-electron chi connectivity index (χ4n) is 3.00. The Bertz CT molecular complexity index is 658. The van der Waals surface area contributed by atoms with Crippen LogP contribution < -0.4 is 5.32 Å². The van der Waals surface area contributed by atoms with E-state index in [1.165, 1.54) is 11.3 Å². The number of rotatable bonds is 3. The molecule has 0 atom stereocenters. The zero-order valence-electron chi connectivity index (χ0n) is 12.0. The number of thiophene rings is 2. The van der Waals surface area contributed by atoms with Gasteiger partial charge in [-0.05, 0) is 49.1 Å². The number of nitrogens with zero attached hydrogens (tertiary/aromatic N) is 1. The van der Waals surface area contributed by atoms with E-state index >= 15 is 0 Å². The van der Waals surface area contributed by atoms with E-state index in [9.17, 15) is 10.1 Å². The minimum absolute atomic E-state index is 0.0973. The van der Waals surface area contributed by atoms with Crippen LogP contribution in [0.3, 0.4) is 0 Å². The van der Waals surface area contributed by atoms with E-state index in [0.29, 0.717) is 10.8 Å². The Hall–Kier alpha value is -1.38. The van der Waals surface area contributed by atoms with E-state index in [1.54, 1.807) is 11.3 Å². The standard InChI is InChI=1S/C16H18N2OS2/c1-2-11-3-6-16(10-17,7-4-11)18-15(19)14-9-13-12(21-14)5-8-20-13/h5,8-9,11H,2-4,6-7H2,1H3,(H,18,19). The van der Waals surface area contributed by atoms with Gasteiger partial charge in [0.2, 0.25) is 0 Å². The highest BCUT2D eigenvalue weighted by atomic mass is 32.1. The molecule has 0 spiro atoms. The van der Waals surface area contributed by atoms with Gasteiger partial charge in [-0.15, -0.1) is 22.7 Å². The van der Waals surface area contributed by atoms with Crippen molar-refractivity contribution in [2.24, 2.45) is 5.92 Å². The zero-order chi connectivity index (χ0) is 14.9. The number of hydrogen-bond acceptors (Lipinski definition) is 4. The minimum atomic E-state index is -0.666. The second-order valence-corrected chi connectivity index (χ2v) is 7.79. The summed E-state index contributed by atoms with van der Waals surface area (Å²) in [5.74, 6) is 0.607. The molecule has 1 N–H and O–H groups in total. The molecule has 3 nitrogen and oxygen atoms in total. The van der Waals surface area contributed by atoms with Crippen LogP contribution in [0.2, 0.25) is 0 Å². The van der Waals surface area contributed by atoms with Crippen LogP contribution in [0, 0.1) is 17.2 Å². The van der Waals surface area contributed by atoms with Crippen molar-refractivity contribution in [3.63, 3.8) is 0 Å². The van der Waals surface area contributed by atoms with Crippen LogP contribution in [0.25, 0.3) is 9.40 Å². The molecule has 5 heteroatoms. The Balaban J connectivity index is 1.73. The number of nitriles is 1. The van der Waals surface area contributed by atoms with E-state index in [-0.39, 0.29) is 5.91 Å². The molecule has 0 aromatic carbocycles. The average molecular weight is 318 g/mol. The molecule has 0 aliphatic heterocycles. The molecule has 1 aliphatic carbocycles. The van der Waals surface area contributed by atoms with E-state index in [1.807, 2.05) is 17.5 Å². The Labute approximate surface area is 132 Å². The molecule has 0 radical (unpaired) electrons. The minimum Gasteiger partial charge on any atom is -0.333 e. The summed E-state index contributed by atoms with van der Waals surface area (Å²) in [6.07, 6.45) is 4.77. The second-order valence-electron chi connectivity index (χ2n) is 5.76. The molecular formula is C16H18N2OS2. The molecule has 0 bridgehead atoms. The van der Waals surface area contributed by atoms with Crippen LogP contribution in [0.5, 0.6) is 0 Å². The van der Waals surface area contributed by atoms with Gasteiger partial charge in [0, 0.05) is 9.40 Å². The third kappa shape index (κ3) is 2.83. The van der Waals surface area contributed by atoms with Crippen molar-refractivity contribution in [2.45, 2.75) is 44.6 Å². The summed E-state index contributed by atoms with van der Waals surface area (Å²) in [5, 5.41) is 14.6. The van der Waals surface area contributed by atoms with E-state index in [4.69, 9.17) is 0 Å². The first-order chi connectivity index (χ1) is 10.2. The van der Waals surface area contributed by atoms with E-state index in [0.717, 1.165) is 41.5 Å². The molecule has 110 valence electrons. The van der Waals surface area contributed by atoms with Gasteiger partial charge in [-0.2, -0.15) is 5.26 Å². The number of fused-ring (bicyclic) bond motifs is 1. The summed E-state index contributed by atoms with van der Waals surface area (Å²) in [4.78, 5) is 13.2. The third-order valence-corrected chi connectivity index (χ3v) is 6.56. The zero-order valence-corrected chi connectivity index (χ0v) is 13.6. The Morgan fingerprint density at radius 3 is 2.86 bits per heavy atom. The lowest BCUT2D eigenvalue weighted by Gasteiger charge is -2.35. The van der Waals surface area contributed by atoms with Gasteiger partial charge >= 0.3 is 0 Å². The Morgan fingerprint density at radius 1 is 1.48 bits per heavy atom. The number of nitrogens with one attached hydrogen (secondary N) is 1. The van der Waals surface area contributed by atoms with Crippen LogP contribution in [0.15, 0.2) is 17.5 Å². The first-order valence-electron chi connectivity index (χ1n) is 7.36. The van der Waals surface area contributed by atoms with Gasteiger partial charge in [0.25, 0.3) is 5.91 Å². The third-order valence-electron chi connectivity index (χ3n) is 4.47. The second kappa shape index (κ2) is 5.78. The van der Waals surface area contributed by atoms with Gasteiger partial charge in [-0.25, -0.2) is 0 Å². The van der Waals surface area contributed by atoms with Gasteiger partial charge in [0.1, 0.15) is 5.54 Å². The van der Waals surface area contributed by atoms with Crippen molar-refractivity contribution >= 4 is 38.0 Å². The molecule has 3 rings (SSSR count). The normalized spacial score (nSPS) is 25.6. The maximum absolute atomic E-state index is 12.4. The lowest BCUT2D eigenvalue weighted by Crippen LogP contribution is -2.49. The molecule has 2 aromatic heterocycles. The molecule has 0 unspecified atom stereocenters. The van der Waals surface area contributed by atoms with E-state index in [2.05, 4.69) is 18.3 Å². The van der Waals surface area contributed by atoms with Gasteiger partial charge in [0.15, 0.2) is 0 Å². The van der Waals surface area contributed by atoms with Crippen LogP contribution in [-0.4, -0.2) is 11.4 Å². The molecule has 1 fully saturated rings. The van der Waals surface area contributed by atoms with Crippen LogP contribution in [0.4, 0.5) is 0 Å². The number of carbonyl (C=O) groups is 1. The molecule has 1 aliphatic rings. The fraction of sp³-hybridized carbons (Fsp3) is 0.500. The number of carbonyl (C=O) groups excluding carboxylic acids is 1. The summed E-state index contributed by atoms with van der Waals surface area (Å²) in [6.45, 7) is 2.20. The highest BCUT2D eigenvalue weighted by molar-refractivity contribution is 7.27. The molecule has 0 saturated heterocycles. The summed E-state index contributed by atoms with van der Waals surface area (Å²) < 4.78 is 2.29. The summed E-state index contributed by atoms with van der Waals surface area (Å²) >= 11 is 3.15. The molecule has 1 amide bonds. The molecular weight excluding hydrogens is 300 g/mol. The topological polar surface area (TPSA) is 52.9 Å². The average Bonchev–Trinajstić information content (AvgIpc) is 3.09. The highest BCUT2D eigenvalue weighted by Gasteiger charge is 2.36. The van der Waals surface area contributed by atoms with Crippen molar-refractivity contribution in [3.8, 4) is 6.07 Å². The van der Waals surface area contributed by atoms with Crippen LogP contribution in [-0.2, 0) is 0 Å². The first kappa shape index (κ1) is 14.6. The van der Waals surface area contributed by atoms with Crippen molar-refractivity contribution in [1.82, 2.24) is 5.32 Å². The van der Waals surface area contributed by atoms with Gasteiger partial charge in [0.05, 0.1) is 10.9 Å². The molecule has 21 heavy (non-hydrogen) atoms. The maximum Gasteiger partial charge on any atom is 0.262 e. The van der Waals surface area contributed by atoms with Gasteiger partial charge < -0.3 is 5.32 Å². The van der Waals surface area contributed by atoms with Crippen molar-refractivity contribution in [2.75, 3.05) is 0 Å². The SMILES string of the molecule is CCC1CCC(C#N)(NC(=O)c2cc3sccc3s2)CC1. The van der Waals surface area contributed by atoms with Crippen LogP contribution >= 0.6 is 22.7 Å². The van der Waals surface area contributed by atoms with Gasteiger partial charge in [-0.1, -0.05) is 13.3 Å². The van der Waals surface area contributed by atoms with Crippen molar-refractivity contribution in [3.05, 3.63) is 22.4 Å². The van der Waals surface area contributed by atoms with Gasteiger partial charge in [-0.3, -0.25) is 4.79 Å². The summed E-state index contributed by atoms with van der Waals surface area (Å²) in [6, 6.07) is 6.33. The van der Waals surface area contributed by atoms with E-state index < -0.39 is 5.54 Å².